The number of rotatable bonds is 8. The first-order chi connectivity index (χ1) is 12.6. The van der Waals surface area contributed by atoms with Crippen LogP contribution in [0.5, 0.6) is 0 Å². The van der Waals surface area contributed by atoms with Gasteiger partial charge in [0.05, 0.1) is 0 Å². The van der Waals surface area contributed by atoms with Crippen LogP contribution in [0.1, 0.15) is 30.9 Å². The van der Waals surface area contributed by atoms with Crippen LogP contribution in [-0.2, 0) is 19.5 Å². The fourth-order valence-electron chi connectivity index (χ4n) is 2.87. The Morgan fingerprint density at radius 2 is 1.85 bits per heavy atom. The standard InChI is InChI=1S/C21H30N4O/c1-4-18-10-12-19(13-11-18)17-24(3)21(22-2)23-14-6-8-16-25-15-7-5-9-20(25)26/h5,7,9-13,15H,4,6,8,14,16-17H2,1-3H3,(H,22,23). The predicted octanol–water partition coefficient (Wildman–Crippen LogP) is 2.90. The van der Waals surface area contributed by atoms with Gasteiger partial charge in [-0.15, -0.1) is 0 Å². The fourth-order valence-corrected chi connectivity index (χ4v) is 2.87. The highest BCUT2D eigenvalue weighted by Crippen LogP contribution is 2.07. The molecule has 0 saturated heterocycles. The van der Waals surface area contributed by atoms with Crippen molar-refractivity contribution in [3.63, 3.8) is 0 Å². The highest BCUT2D eigenvalue weighted by Gasteiger charge is 2.06. The molecule has 0 fully saturated rings. The van der Waals surface area contributed by atoms with Crippen molar-refractivity contribution >= 4 is 5.96 Å². The second-order valence-electron chi connectivity index (χ2n) is 6.44. The van der Waals surface area contributed by atoms with Crippen molar-refractivity contribution in [3.05, 3.63) is 70.1 Å². The molecule has 140 valence electrons. The van der Waals surface area contributed by atoms with Crippen molar-refractivity contribution in [3.8, 4) is 0 Å². The molecule has 0 aliphatic carbocycles. The SMILES string of the molecule is CCc1ccc(CN(C)C(=NC)NCCCCn2ccccc2=O)cc1. The summed E-state index contributed by atoms with van der Waals surface area (Å²) < 4.78 is 1.75. The highest BCUT2D eigenvalue weighted by atomic mass is 16.1. The first-order valence-corrected chi connectivity index (χ1v) is 9.29. The zero-order valence-electron chi connectivity index (χ0n) is 16.1. The molecule has 0 amide bonds. The fraction of sp³-hybridized carbons (Fsp3) is 0.429. The van der Waals surface area contributed by atoms with Gasteiger partial charge >= 0.3 is 0 Å². The van der Waals surface area contributed by atoms with E-state index in [1.165, 1.54) is 11.1 Å². The van der Waals surface area contributed by atoms with Crippen LogP contribution in [0.15, 0.2) is 58.4 Å². The largest absolute Gasteiger partial charge is 0.356 e. The van der Waals surface area contributed by atoms with Crippen LogP contribution in [0.3, 0.4) is 0 Å². The maximum Gasteiger partial charge on any atom is 0.250 e. The molecule has 1 heterocycles. The van der Waals surface area contributed by atoms with Crippen LogP contribution >= 0.6 is 0 Å². The van der Waals surface area contributed by atoms with Gasteiger partial charge in [-0.25, -0.2) is 0 Å². The van der Waals surface area contributed by atoms with E-state index in [4.69, 9.17) is 0 Å². The minimum absolute atomic E-state index is 0.0603. The molecule has 0 spiro atoms. The lowest BCUT2D eigenvalue weighted by Gasteiger charge is -2.22. The number of guanidine groups is 1. The van der Waals surface area contributed by atoms with Gasteiger partial charge in [-0.05, 0) is 36.5 Å². The van der Waals surface area contributed by atoms with Gasteiger partial charge in [0.1, 0.15) is 0 Å². The average molecular weight is 354 g/mol. The van der Waals surface area contributed by atoms with E-state index in [2.05, 4.69) is 46.4 Å². The van der Waals surface area contributed by atoms with Gasteiger partial charge in [-0.2, -0.15) is 0 Å². The number of hydrogen-bond donors (Lipinski definition) is 1. The van der Waals surface area contributed by atoms with Crippen LogP contribution < -0.4 is 10.9 Å². The quantitative estimate of drug-likeness (QED) is 0.450. The second-order valence-corrected chi connectivity index (χ2v) is 6.44. The van der Waals surface area contributed by atoms with Gasteiger partial charge in [0.15, 0.2) is 5.96 Å². The first kappa shape index (κ1) is 19.8. The molecule has 2 aromatic rings. The number of aliphatic imine (C=N–C) groups is 1. The lowest BCUT2D eigenvalue weighted by molar-refractivity contribution is 0.473. The molecule has 0 aliphatic heterocycles. The van der Waals surface area contributed by atoms with Crippen molar-refractivity contribution < 1.29 is 0 Å². The number of nitrogens with one attached hydrogen (secondary N) is 1. The Hall–Kier alpha value is -2.56. The maximum absolute atomic E-state index is 11.7. The molecule has 0 saturated carbocycles. The summed E-state index contributed by atoms with van der Waals surface area (Å²) in [4.78, 5) is 18.2. The van der Waals surface area contributed by atoms with E-state index in [1.54, 1.807) is 16.7 Å². The third kappa shape index (κ3) is 6.06. The van der Waals surface area contributed by atoms with Crippen molar-refractivity contribution in [2.45, 2.75) is 39.3 Å². The van der Waals surface area contributed by atoms with E-state index >= 15 is 0 Å². The summed E-state index contributed by atoms with van der Waals surface area (Å²) in [7, 11) is 3.86. The topological polar surface area (TPSA) is 49.6 Å². The molecule has 0 unspecified atom stereocenters. The van der Waals surface area contributed by atoms with Crippen molar-refractivity contribution in [2.75, 3.05) is 20.6 Å². The van der Waals surface area contributed by atoms with Crippen LogP contribution in [0.4, 0.5) is 0 Å². The monoisotopic (exact) mass is 354 g/mol. The van der Waals surface area contributed by atoms with Crippen LogP contribution in [0.25, 0.3) is 0 Å². The van der Waals surface area contributed by atoms with Gasteiger partial charge in [0, 0.05) is 46.0 Å². The van der Waals surface area contributed by atoms with Crippen molar-refractivity contribution in [1.29, 1.82) is 0 Å². The molecule has 1 aromatic carbocycles. The third-order valence-electron chi connectivity index (χ3n) is 4.43. The lowest BCUT2D eigenvalue weighted by atomic mass is 10.1. The Bertz CT molecular complexity index is 749. The van der Waals surface area contributed by atoms with Crippen molar-refractivity contribution in [1.82, 2.24) is 14.8 Å². The normalized spacial score (nSPS) is 11.4. The molecule has 1 N–H and O–H groups in total. The van der Waals surface area contributed by atoms with Crippen LogP contribution in [-0.4, -0.2) is 36.1 Å². The molecular formula is C21H30N4O. The Morgan fingerprint density at radius 3 is 2.50 bits per heavy atom. The van der Waals surface area contributed by atoms with E-state index in [0.717, 1.165) is 44.9 Å². The molecule has 5 nitrogen and oxygen atoms in total. The summed E-state index contributed by atoms with van der Waals surface area (Å²) in [5.74, 6) is 0.890. The molecule has 0 bridgehead atoms. The smallest absolute Gasteiger partial charge is 0.250 e. The van der Waals surface area contributed by atoms with E-state index in [9.17, 15) is 4.79 Å². The summed E-state index contributed by atoms with van der Waals surface area (Å²) in [6, 6.07) is 14.0. The summed E-state index contributed by atoms with van der Waals surface area (Å²) in [5.41, 5.74) is 2.69. The molecular weight excluding hydrogens is 324 g/mol. The maximum atomic E-state index is 11.7. The minimum atomic E-state index is 0.0603. The summed E-state index contributed by atoms with van der Waals surface area (Å²) in [6.45, 7) is 4.58. The van der Waals surface area contributed by atoms with Gasteiger partial charge in [0.2, 0.25) is 5.56 Å². The second kappa shape index (κ2) is 10.4. The van der Waals surface area contributed by atoms with E-state index in [0.29, 0.717) is 0 Å². The number of unbranched alkanes of at least 4 members (excludes halogenated alkanes) is 1. The van der Waals surface area contributed by atoms with Crippen molar-refractivity contribution in [2.24, 2.45) is 4.99 Å². The Labute approximate surface area is 156 Å². The molecule has 0 aliphatic rings. The molecule has 26 heavy (non-hydrogen) atoms. The molecule has 2 rings (SSSR count). The first-order valence-electron chi connectivity index (χ1n) is 9.29. The number of aryl methyl sites for hydroxylation is 2. The lowest BCUT2D eigenvalue weighted by Crippen LogP contribution is -2.38. The van der Waals surface area contributed by atoms with Crippen LogP contribution in [0, 0.1) is 0 Å². The Balaban J connectivity index is 1.74. The van der Waals surface area contributed by atoms with E-state index in [-0.39, 0.29) is 5.56 Å². The zero-order chi connectivity index (χ0) is 18.8. The van der Waals surface area contributed by atoms with Gasteiger partial charge in [-0.1, -0.05) is 37.3 Å². The summed E-state index contributed by atoms with van der Waals surface area (Å²) in [5, 5.41) is 3.40. The molecule has 5 heteroatoms. The zero-order valence-corrected chi connectivity index (χ0v) is 16.1. The number of hydrogen-bond acceptors (Lipinski definition) is 2. The van der Waals surface area contributed by atoms with Crippen LogP contribution in [0.2, 0.25) is 0 Å². The highest BCUT2D eigenvalue weighted by molar-refractivity contribution is 5.79. The number of nitrogens with zero attached hydrogens (tertiary/aromatic N) is 3. The minimum Gasteiger partial charge on any atom is -0.356 e. The van der Waals surface area contributed by atoms with E-state index in [1.807, 2.05) is 26.4 Å². The Kier molecular flexibility index (Phi) is 7.93. The van der Waals surface area contributed by atoms with E-state index < -0.39 is 0 Å². The number of benzene rings is 1. The molecule has 0 radical (unpaired) electrons. The van der Waals surface area contributed by atoms with Gasteiger partial charge in [0.25, 0.3) is 0 Å². The predicted molar refractivity (Wildman–Crippen MR) is 109 cm³/mol. The third-order valence-corrected chi connectivity index (χ3v) is 4.43. The Morgan fingerprint density at radius 1 is 1.12 bits per heavy atom. The summed E-state index contributed by atoms with van der Waals surface area (Å²) in [6.07, 6.45) is 4.84. The van der Waals surface area contributed by atoms with Gasteiger partial charge < -0.3 is 14.8 Å². The average Bonchev–Trinajstić information content (AvgIpc) is 2.66. The van der Waals surface area contributed by atoms with Gasteiger partial charge in [-0.3, -0.25) is 9.79 Å². The molecule has 1 aromatic heterocycles. The number of pyridine rings is 1. The molecule has 0 atom stereocenters. The summed E-state index contributed by atoms with van der Waals surface area (Å²) >= 11 is 0. The number of aromatic nitrogens is 1.